The third kappa shape index (κ3) is 3.80. The highest BCUT2D eigenvalue weighted by Gasteiger charge is 2.51. The first-order valence-electron chi connectivity index (χ1n) is 9.13. The number of hydrogen-bond acceptors (Lipinski definition) is 5. The molecule has 1 fully saturated rings. The predicted molar refractivity (Wildman–Crippen MR) is 102 cm³/mol. The zero-order chi connectivity index (χ0) is 20.4. The normalized spacial score (nSPS) is 22.4. The first-order chi connectivity index (χ1) is 13.3. The number of nitrogens with zero attached hydrogens (tertiary/aromatic N) is 1. The summed E-state index contributed by atoms with van der Waals surface area (Å²) in [6, 6.07) is 5.25. The number of rotatable bonds is 5. The zero-order valence-corrected chi connectivity index (χ0v) is 16.4. The van der Waals surface area contributed by atoms with Crippen LogP contribution in [0.3, 0.4) is 0 Å². The fraction of sp³-hybridized carbons (Fsp3) is 0.400. The van der Waals surface area contributed by atoms with E-state index in [9.17, 15) is 19.2 Å². The van der Waals surface area contributed by atoms with Gasteiger partial charge in [0, 0.05) is 10.7 Å². The number of allylic oxidation sites excluding steroid dienone is 2. The second-order valence-electron chi connectivity index (χ2n) is 6.81. The minimum atomic E-state index is -0.950. The third-order valence-electron chi connectivity index (χ3n) is 5.03. The molecule has 0 saturated carbocycles. The maximum absolute atomic E-state index is 12.7. The van der Waals surface area contributed by atoms with E-state index in [0.717, 1.165) is 4.90 Å². The number of anilines is 1. The number of benzene rings is 1. The minimum Gasteiger partial charge on any atom is -0.462 e. The lowest BCUT2D eigenvalue weighted by molar-refractivity contribution is -0.146. The molecule has 7 nitrogen and oxygen atoms in total. The van der Waals surface area contributed by atoms with Crippen molar-refractivity contribution in [3.63, 3.8) is 0 Å². The third-order valence-corrected chi connectivity index (χ3v) is 5.34. The largest absolute Gasteiger partial charge is 0.462 e. The molecule has 1 N–H and O–H groups in total. The Morgan fingerprint density at radius 3 is 2.50 bits per heavy atom. The van der Waals surface area contributed by atoms with E-state index < -0.39 is 29.8 Å². The summed E-state index contributed by atoms with van der Waals surface area (Å²) in [5, 5.41) is 3.24. The molecule has 1 aliphatic carbocycles. The number of amides is 3. The summed E-state index contributed by atoms with van der Waals surface area (Å²) in [5.41, 5.74) is 0.817. The molecule has 3 atom stereocenters. The average Bonchev–Trinajstić information content (AvgIpc) is 2.92. The fourth-order valence-electron chi connectivity index (χ4n) is 3.50. The van der Waals surface area contributed by atoms with Crippen LogP contribution in [0.4, 0.5) is 5.69 Å². The maximum Gasteiger partial charge on any atom is 0.338 e. The molecule has 2 aliphatic rings. The van der Waals surface area contributed by atoms with Gasteiger partial charge in [0.25, 0.3) is 0 Å². The molecule has 148 valence electrons. The Labute approximate surface area is 167 Å². The number of ether oxygens (including phenoxy) is 1. The molecule has 3 rings (SSSR count). The van der Waals surface area contributed by atoms with Crippen LogP contribution in [-0.4, -0.2) is 41.2 Å². The van der Waals surface area contributed by atoms with Crippen molar-refractivity contribution >= 4 is 41.0 Å². The van der Waals surface area contributed by atoms with Crippen LogP contribution in [0.15, 0.2) is 35.4 Å². The molecule has 0 unspecified atom stereocenters. The van der Waals surface area contributed by atoms with E-state index in [0.29, 0.717) is 29.1 Å². The van der Waals surface area contributed by atoms with Crippen molar-refractivity contribution in [1.29, 1.82) is 0 Å². The van der Waals surface area contributed by atoms with Gasteiger partial charge in [0.05, 0.1) is 24.0 Å². The monoisotopic (exact) mass is 404 g/mol. The van der Waals surface area contributed by atoms with Crippen LogP contribution in [0.25, 0.3) is 0 Å². The van der Waals surface area contributed by atoms with Gasteiger partial charge in [0.15, 0.2) is 0 Å². The quantitative estimate of drug-likeness (QED) is 0.601. The summed E-state index contributed by atoms with van der Waals surface area (Å²) in [4.78, 5) is 50.6. The molecule has 8 heteroatoms. The van der Waals surface area contributed by atoms with Crippen molar-refractivity contribution < 1.29 is 23.9 Å². The Morgan fingerprint density at radius 1 is 1.21 bits per heavy atom. The van der Waals surface area contributed by atoms with Gasteiger partial charge in [-0.3, -0.25) is 19.3 Å². The number of carbonyl (C=O) groups excluding carboxylic acids is 4. The summed E-state index contributed by atoms with van der Waals surface area (Å²) in [6.45, 7) is 3.51. The number of imide groups is 1. The second kappa shape index (κ2) is 8.14. The van der Waals surface area contributed by atoms with Crippen LogP contribution in [0.1, 0.15) is 37.0 Å². The highest BCUT2D eigenvalue weighted by molar-refractivity contribution is 6.30. The Bertz CT molecular complexity index is 849. The van der Waals surface area contributed by atoms with Crippen LogP contribution in [0.5, 0.6) is 0 Å². The van der Waals surface area contributed by atoms with Crippen molar-refractivity contribution in [3.8, 4) is 0 Å². The van der Waals surface area contributed by atoms with Crippen molar-refractivity contribution in [2.24, 2.45) is 11.8 Å². The van der Waals surface area contributed by atoms with E-state index in [1.54, 1.807) is 25.1 Å². The van der Waals surface area contributed by atoms with Crippen LogP contribution >= 0.6 is 11.6 Å². The van der Waals surface area contributed by atoms with Gasteiger partial charge in [-0.05, 0) is 51.0 Å². The number of esters is 1. The minimum absolute atomic E-state index is 0.273. The molecule has 28 heavy (non-hydrogen) atoms. The highest BCUT2D eigenvalue weighted by Crippen LogP contribution is 2.39. The predicted octanol–water partition coefficient (Wildman–Crippen LogP) is 2.71. The Kier molecular flexibility index (Phi) is 5.84. The van der Waals surface area contributed by atoms with Crippen molar-refractivity contribution in [2.45, 2.75) is 32.7 Å². The molecule has 0 aromatic heterocycles. The standard InChI is InChI=1S/C20H21ClN2O5/c1-3-28-20(27)12-4-7-14(8-5-12)22-17(24)11(2)23-18(25)15-9-6-13(21)10-16(15)19(23)26/h4-8,11,15-16H,3,9-10H2,1-2H3,(H,22,24)/t11-,15+,16-/m0/s1. The Hall–Kier alpha value is -2.67. The first kappa shape index (κ1) is 20.1. The van der Waals surface area contributed by atoms with Crippen LogP contribution in [0, 0.1) is 11.8 Å². The summed E-state index contributed by atoms with van der Waals surface area (Å²) in [5.74, 6) is -2.57. The van der Waals surface area contributed by atoms with Crippen molar-refractivity contribution in [3.05, 3.63) is 40.9 Å². The van der Waals surface area contributed by atoms with E-state index in [2.05, 4.69) is 5.32 Å². The second-order valence-corrected chi connectivity index (χ2v) is 7.30. The molecule has 0 radical (unpaired) electrons. The fourth-order valence-corrected chi connectivity index (χ4v) is 3.76. The Balaban J connectivity index is 1.67. The molecule has 1 aliphatic heterocycles. The molecule has 1 aromatic rings. The molecule has 1 heterocycles. The number of halogens is 1. The average molecular weight is 405 g/mol. The van der Waals surface area contributed by atoms with Crippen LogP contribution < -0.4 is 5.32 Å². The number of fused-ring (bicyclic) bond motifs is 1. The molecule has 0 spiro atoms. The number of nitrogens with one attached hydrogen (secondary N) is 1. The van der Waals surface area contributed by atoms with E-state index >= 15 is 0 Å². The number of carbonyl (C=O) groups is 4. The van der Waals surface area contributed by atoms with Gasteiger partial charge in [0.1, 0.15) is 6.04 Å². The van der Waals surface area contributed by atoms with E-state index in [4.69, 9.17) is 16.3 Å². The zero-order valence-electron chi connectivity index (χ0n) is 15.6. The molecule has 3 amide bonds. The van der Waals surface area contributed by atoms with Gasteiger partial charge < -0.3 is 10.1 Å². The SMILES string of the molecule is CCOC(=O)c1ccc(NC(=O)[C@H](C)N2C(=O)[C@H]3CC(Cl)=CC[C@H]3C2=O)cc1. The molecular formula is C20H21ClN2O5. The number of hydrogen-bond donors (Lipinski definition) is 1. The molecule has 1 aromatic carbocycles. The topological polar surface area (TPSA) is 92.8 Å². The van der Waals surface area contributed by atoms with Crippen LogP contribution in [0.2, 0.25) is 0 Å². The highest BCUT2D eigenvalue weighted by atomic mass is 35.5. The van der Waals surface area contributed by atoms with Gasteiger partial charge in [-0.25, -0.2) is 4.79 Å². The van der Waals surface area contributed by atoms with Gasteiger partial charge in [-0.15, -0.1) is 0 Å². The lowest BCUT2D eigenvalue weighted by Crippen LogP contribution is -2.46. The smallest absolute Gasteiger partial charge is 0.338 e. The molecule has 1 saturated heterocycles. The lowest BCUT2D eigenvalue weighted by Gasteiger charge is -2.22. The van der Waals surface area contributed by atoms with E-state index in [1.807, 2.05) is 0 Å². The summed E-state index contributed by atoms with van der Waals surface area (Å²) >= 11 is 6.02. The van der Waals surface area contributed by atoms with E-state index in [-0.39, 0.29) is 18.4 Å². The van der Waals surface area contributed by atoms with Crippen LogP contribution in [-0.2, 0) is 19.1 Å². The summed E-state index contributed by atoms with van der Waals surface area (Å²) < 4.78 is 4.91. The van der Waals surface area contributed by atoms with E-state index in [1.165, 1.54) is 19.1 Å². The summed E-state index contributed by atoms with van der Waals surface area (Å²) in [7, 11) is 0. The maximum atomic E-state index is 12.7. The lowest BCUT2D eigenvalue weighted by atomic mass is 9.85. The van der Waals surface area contributed by atoms with Crippen molar-refractivity contribution in [1.82, 2.24) is 4.90 Å². The van der Waals surface area contributed by atoms with Gasteiger partial charge in [0.2, 0.25) is 17.7 Å². The first-order valence-corrected chi connectivity index (χ1v) is 9.50. The summed E-state index contributed by atoms with van der Waals surface area (Å²) in [6.07, 6.45) is 2.50. The Morgan fingerprint density at radius 2 is 1.86 bits per heavy atom. The van der Waals surface area contributed by atoms with Crippen molar-refractivity contribution in [2.75, 3.05) is 11.9 Å². The van der Waals surface area contributed by atoms with Gasteiger partial charge in [-0.2, -0.15) is 0 Å². The molecular weight excluding hydrogens is 384 g/mol. The van der Waals surface area contributed by atoms with Gasteiger partial charge in [-0.1, -0.05) is 17.7 Å². The molecule has 0 bridgehead atoms. The van der Waals surface area contributed by atoms with Gasteiger partial charge >= 0.3 is 5.97 Å². The number of likely N-dealkylation sites (tertiary alicyclic amines) is 1.